The Balaban J connectivity index is 2.95. The van der Waals surface area contributed by atoms with Crippen LogP contribution in [-0.4, -0.2) is 5.11 Å². The lowest BCUT2D eigenvalue weighted by Crippen LogP contribution is -1.84. The van der Waals surface area contributed by atoms with Crippen LogP contribution in [0.1, 0.15) is 4.88 Å². The van der Waals surface area contributed by atoms with E-state index < -0.39 is 0 Å². The highest BCUT2D eigenvalue weighted by atomic mass is 32.1. The van der Waals surface area contributed by atoms with E-state index in [9.17, 15) is 5.11 Å². The molecule has 0 radical (unpaired) electrons. The summed E-state index contributed by atoms with van der Waals surface area (Å²) in [6.07, 6.45) is 0. The van der Waals surface area contributed by atoms with Gasteiger partial charge in [-0.1, -0.05) is 6.07 Å². The molecule has 0 unspecified atom stereocenters. The van der Waals surface area contributed by atoms with Gasteiger partial charge in [0.25, 0.3) is 0 Å². The van der Waals surface area contributed by atoms with Gasteiger partial charge in [-0.25, -0.2) is 0 Å². The predicted octanol–water partition coefficient (Wildman–Crippen LogP) is 2.06. The smallest absolute Gasteiger partial charge is 0.129 e. The van der Waals surface area contributed by atoms with E-state index in [1.165, 1.54) is 11.3 Å². The molecule has 1 aromatic carbocycles. The molecule has 0 fully saturated rings. The van der Waals surface area contributed by atoms with Gasteiger partial charge < -0.3 is 10.8 Å². The molecule has 3 N–H and O–H groups in total. The summed E-state index contributed by atoms with van der Waals surface area (Å²) in [5.41, 5.74) is 6.05. The number of thiophene rings is 1. The molecule has 4 heteroatoms. The van der Waals surface area contributed by atoms with Crippen molar-refractivity contribution in [3.8, 4) is 11.8 Å². The Kier molecular flexibility index (Phi) is 1.61. The van der Waals surface area contributed by atoms with Gasteiger partial charge in [-0.05, 0) is 12.1 Å². The van der Waals surface area contributed by atoms with E-state index in [2.05, 4.69) is 0 Å². The summed E-state index contributed by atoms with van der Waals surface area (Å²) in [4.78, 5) is 0.455. The fraction of sp³-hybridized carbons (Fsp3) is 0. The Morgan fingerprint density at radius 3 is 2.85 bits per heavy atom. The zero-order valence-corrected chi connectivity index (χ0v) is 7.43. The lowest BCUT2D eigenvalue weighted by atomic mass is 10.2. The first-order chi connectivity index (χ1) is 6.24. The number of benzene rings is 1. The van der Waals surface area contributed by atoms with Gasteiger partial charge >= 0.3 is 0 Å². The van der Waals surface area contributed by atoms with E-state index in [0.29, 0.717) is 16.0 Å². The maximum Gasteiger partial charge on any atom is 0.129 e. The minimum Gasteiger partial charge on any atom is -0.507 e. The second-order valence-electron chi connectivity index (χ2n) is 2.61. The first kappa shape index (κ1) is 7.90. The monoisotopic (exact) mass is 190 g/mol. The van der Waals surface area contributed by atoms with Gasteiger partial charge in [0.05, 0.1) is 11.1 Å². The number of nitriles is 1. The van der Waals surface area contributed by atoms with Crippen molar-refractivity contribution in [3.63, 3.8) is 0 Å². The minimum absolute atomic E-state index is 0.132. The Hall–Kier alpha value is -1.73. The third-order valence-corrected chi connectivity index (χ3v) is 2.91. The summed E-state index contributed by atoms with van der Waals surface area (Å²) >= 11 is 1.29. The van der Waals surface area contributed by atoms with Crippen molar-refractivity contribution < 1.29 is 5.11 Å². The second kappa shape index (κ2) is 2.64. The van der Waals surface area contributed by atoms with Gasteiger partial charge in [0.15, 0.2) is 0 Å². The third-order valence-electron chi connectivity index (χ3n) is 1.83. The van der Waals surface area contributed by atoms with Crippen LogP contribution in [0.4, 0.5) is 5.69 Å². The minimum atomic E-state index is 0.132. The molecule has 0 amide bonds. The molecule has 0 aliphatic carbocycles. The Bertz CT molecular complexity index is 510. The average Bonchev–Trinajstić information content (AvgIpc) is 2.44. The van der Waals surface area contributed by atoms with Crippen LogP contribution >= 0.6 is 11.3 Å². The Morgan fingerprint density at radius 1 is 1.46 bits per heavy atom. The van der Waals surface area contributed by atoms with Crippen molar-refractivity contribution in [2.45, 2.75) is 0 Å². The number of nitrogens with two attached hydrogens (primary N) is 1. The molecule has 0 aliphatic heterocycles. The molecule has 0 spiro atoms. The number of nitrogens with zero attached hydrogens (tertiary/aromatic N) is 1. The van der Waals surface area contributed by atoms with E-state index in [0.717, 1.165) is 4.70 Å². The molecular weight excluding hydrogens is 184 g/mol. The predicted molar refractivity (Wildman–Crippen MR) is 52.6 cm³/mol. The molecule has 0 atom stereocenters. The molecule has 0 saturated carbocycles. The van der Waals surface area contributed by atoms with Crippen LogP contribution in [-0.2, 0) is 0 Å². The number of rotatable bonds is 0. The molecule has 1 aromatic heterocycles. The lowest BCUT2D eigenvalue weighted by molar-refractivity contribution is 0.482. The molecule has 0 bridgehead atoms. The number of hydrogen-bond acceptors (Lipinski definition) is 4. The molecule has 0 saturated heterocycles. The van der Waals surface area contributed by atoms with E-state index >= 15 is 0 Å². The highest BCUT2D eigenvalue weighted by molar-refractivity contribution is 7.20. The molecule has 2 aromatic rings. The molecule has 64 valence electrons. The SMILES string of the molecule is N#Cc1sc2cccc(O)c2c1N. The summed E-state index contributed by atoms with van der Waals surface area (Å²) in [6.45, 7) is 0. The number of anilines is 1. The van der Waals surface area contributed by atoms with Crippen LogP contribution in [0.2, 0.25) is 0 Å². The van der Waals surface area contributed by atoms with Gasteiger partial charge in [-0.2, -0.15) is 5.26 Å². The Morgan fingerprint density at radius 2 is 2.23 bits per heavy atom. The second-order valence-corrected chi connectivity index (χ2v) is 3.66. The summed E-state index contributed by atoms with van der Waals surface area (Å²) in [6, 6.07) is 7.12. The normalized spacial score (nSPS) is 10.1. The number of nitrogen functional groups attached to an aromatic ring is 1. The quantitative estimate of drug-likeness (QED) is 0.668. The van der Waals surface area contributed by atoms with Crippen molar-refractivity contribution in [1.29, 1.82) is 5.26 Å². The van der Waals surface area contributed by atoms with Gasteiger partial charge in [0.2, 0.25) is 0 Å². The van der Waals surface area contributed by atoms with Crippen LogP contribution < -0.4 is 5.73 Å². The van der Waals surface area contributed by atoms with E-state index in [1.54, 1.807) is 12.1 Å². The standard InChI is InChI=1S/C9H6N2OS/c10-4-7-9(11)8-5(12)2-1-3-6(8)13-7/h1-3,12H,11H2. The number of hydrogen-bond donors (Lipinski definition) is 2. The van der Waals surface area contributed by atoms with Crippen molar-refractivity contribution >= 4 is 27.1 Å². The summed E-state index contributed by atoms with van der Waals surface area (Å²) in [7, 11) is 0. The molecule has 0 aliphatic rings. The van der Waals surface area contributed by atoms with E-state index in [4.69, 9.17) is 11.0 Å². The molecule has 1 heterocycles. The summed E-state index contributed by atoms with van der Waals surface area (Å²) in [5.74, 6) is 0.132. The first-order valence-electron chi connectivity index (χ1n) is 3.64. The molecular formula is C9H6N2OS. The average molecular weight is 190 g/mol. The fourth-order valence-corrected chi connectivity index (χ4v) is 2.18. The van der Waals surface area contributed by atoms with Gasteiger partial charge in [0, 0.05) is 4.70 Å². The number of phenolic OH excluding ortho intramolecular Hbond substituents is 1. The fourth-order valence-electron chi connectivity index (χ4n) is 1.24. The Labute approximate surface area is 78.6 Å². The van der Waals surface area contributed by atoms with Crippen molar-refractivity contribution in [1.82, 2.24) is 0 Å². The van der Waals surface area contributed by atoms with Crippen LogP contribution in [0.3, 0.4) is 0 Å². The molecule has 13 heavy (non-hydrogen) atoms. The zero-order valence-electron chi connectivity index (χ0n) is 6.61. The van der Waals surface area contributed by atoms with E-state index in [-0.39, 0.29) is 5.75 Å². The molecule has 3 nitrogen and oxygen atoms in total. The van der Waals surface area contributed by atoms with E-state index in [1.807, 2.05) is 12.1 Å². The largest absolute Gasteiger partial charge is 0.507 e. The van der Waals surface area contributed by atoms with Crippen LogP contribution in [0.25, 0.3) is 10.1 Å². The third kappa shape index (κ3) is 1.02. The highest BCUT2D eigenvalue weighted by Crippen LogP contribution is 2.38. The van der Waals surface area contributed by atoms with Crippen LogP contribution in [0, 0.1) is 11.3 Å². The number of fused-ring (bicyclic) bond motifs is 1. The van der Waals surface area contributed by atoms with Gasteiger partial charge in [-0.15, -0.1) is 11.3 Å². The van der Waals surface area contributed by atoms with Gasteiger partial charge in [0.1, 0.15) is 16.7 Å². The maximum absolute atomic E-state index is 9.48. The topological polar surface area (TPSA) is 70.0 Å². The lowest BCUT2D eigenvalue weighted by Gasteiger charge is -1.94. The summed E-state index contributed by atoms with van der Waals surface area (Å²) < 4.78 is 0.842. The number of aromatic hydroxyl groups is 1. The maximum atomic E-state index is 9.48. The highest BCUT2D eigenvalue weighted by Gasteiger charge is 2.11. The van der Waals surface area contributed by atoms with Crippen molar-refractivity contribution in [3.05, 3.63) is 23.1 Å². The van der Waals surface area contributed by atoms with Crippen LogP contribution in [0.5, 0.6) is 5.75 Å². The van der Waals surface area contributed by atoms with Gasteiger partial charge in [-0.3, -0.25) is 0 Å². The first-order valence-corrected chi connectivity index (χ1v) is 4.45. The number of phenols is 1. The summed E-state index contributed by atoms with van der Waals surface area (Å²) in [5, 5.41) is 18.8. The van der Waals surface area contributed by atoms with Crippen molar-refractivity contribution in [2.75, 3.05) is 5.73 Å². The molecule has 2 rings (SSSR count). The van der Waals surface area contributed by atoms with Crippen LogP contribution in [0.15, 0.2) is 18.2 Å². The van der Waals surface area contributed by atoms with Crippen molar-refractivity contribution in [2.24, 2.45) is 0 Å². The zero-order chi connectivity index (χ0) is 9.42.